The van der Waals surface area contributed by atoms with E-state index < -0.39 is 0 Å². The molecule has 0 saturated heterocycles. The first-order chi connectivity index (χ1) is 13.7. The van der Waals surface area contributed by atoms with Gasteiger partial charge in [-0.05, 0) is 53.1 Å². The molecule has 0 aliphatic heterocycles. The highest BCUT2D eigenvalue weighted by Gasteiger charge is 2.08. The zero-order chi connectivity index (χ0) is 19.3. The molecule has 0 radical (unpaired) electrons. The van der Waals surface area contributed by atoms with E-state index in [2.05, 4.69) is 31.2 Å². The van der Waals surface area contributed by atoms with Crippen molar-refractivity contribution in [1.82, 2.24) is 0 Å². The van der Waals surface area contributed by atoms with Gasteiger partial charge >= 0.3 is 0 Å². The van der Waals surface area contributed by atoms with E-state index >= 15 is 0 Å². The summed E-state index contributed by atoms with van der Waals surface area (Å²) in [4.78, 5) is 4.73. The van der Waals surface area contributed by atoms with Gasteiger partial charge in [-0.15, -0.1) is 0 Å². The Kier molecular flexibility index (Phi) is 5.41. The molecule has 0 aliphatic carbocycles. The number of benzene rings is 4. The predicted octanol–water partition coefficient (Wildman–Crippen LogP) is 7.13. The first-order valence-corrected chi connectivity index (χ1v) is 9.57. The fourth-order valence-corrected chi connectivity index (χ4v) is 3.38. The minimum atomic E-state index is 0.449. The van der Waals surface area contributed by atoms with Crippen molar-refractivity contribution in [3.63, 3.8) is 0 Å². The van der Waals surface area contributed by atoms with Gasteiger partial charge in [0, 0.05) is 16.8 Å². The summed E-state index contributed by atoms with van der Waals surface area (Å²) in [6.45, 7) is 2.51. The van der Waals surface area contributed by atoms with Gasteiger partial charge in [0.25, 0.3) is 0 Å². The molecule has 0 N–H and O–H groups in total. The number of aliphatic imine (C=N–C) groups is 1. The Labute approximate surface area is 170 Å². The third-order valence-corrected chi connectivity index (χ3v) is 4.90. The van der Waals surface area contributed by atoms with Crippen molar-refractivity contribution in [3.8, 4) is 5.75 Å². The van der Waals surface area contributed by atoms with E-state index in [0.29, 0.717) is 11.6 Å². The molecule has 0 heterocycles. The van der Waals surface area contributed by atoms with Crippen molar-refractivity contribution in [2.24, 2.45) is 4.99 Å². The van der Waals surface area contributed by atoms with E-state index in [-0.39, 0.29) is 0 Å². The molecule has 0 amide bonds. The summed E-state index contributed by atoms with van der Waals surface area (Å²) < 4.78 is 6.16. The summed E-state index contributed by atoms with van der Waals surface area (Å²) in [5, 5.41) is 2.98. The summed E-state index contributed by atoms with van der Waals surface area (Å²) >= 11 is 6.09. The lowest BCUT2D eigenvalue weighted by molar-refractivity contribution is 0.306. The summed E-state index contributed by atoms with van der Waals surface area (Å²) in [5.74, 6) is 0.802. The monoisotopic (exact) mass is 385 g/mol. The topological polar surface area (TPSA) is 21.6 Å². The molecule has 28 heavy (non-hydrogen) atoms. The summed E-state index contributed by atoms with van der Waals surface area (Å²) in [6, 6.07) is 28.2. The average Bonchev–Trinajstić information content (AvgIpc) is 2.72. The molecule has 0 saturated carbocycles. The van der Waals surface area contributed by atoms with Crippen molar-refractivity contribution in [2.45, 2.75) is 13.5 Å². The van der Waals surface area contributed by atoms with Crippen LogP contribution < -0.4 is 4.74 Å². The Morgan fingerprint density at radius 3 is 2.57 bits per heavy atom. The van der Waals surface area contributed by atoms with Gasteiger partial charge in [-0.3, -0.25) is 4.99 Å². The number of para-hydroxylation sites is 1. The lowest BCUT2D eigenvalue weighted by Gasteiger charge is -2.12. The predicted molar refractivity (Wildman–Crippen MR) is 118 cm³/mol. The molecule has 4 aromatic rings. The fourth-order valence-electron chi connectivity index (χ4n) is 3.16. The SMILES string of the molecule is Cc1ccccc1N=Cc1c(OCc2cccc(Cl)c2)ccc2ccccc12. The molecular weight excluding hydrogens is 366 g/mol. The van der Waals surface area contributed by atoms with E-state index in [1.54, 1.807) is 0 Å². The van der Waals surface area contributed by atoms with Crippen molar-refractivity contribution >= 4 is 34.3 Å². The fraction of sp³-hybridized carbons (Fsp3) is 0.0800. The first-order valence-electron chi connectivity index (χ1n) is 9.19. The lowest BCUT2D eigenvalue weighted by Crippen LogP contribution is -1.99. The summed E-state index contributed by atoms with van der Waals surface area (Å²) in [7, 11) is 0. The second kappa shape index (κ2) is 8.28. The molecule has 0 fully saturated rings. The summed E-state index contributed by atoms with van der Waals surface area (Å²) in [6.07, 6.45) is 1.90. The largest absolute Gasteiger partial charge is 0.488 e. The second-order valence-electron chi connectivity index (χ2n) is 6.66. The third-order valence-electron chi connectivity index (χ3n) is 4.66. The van der Waals surface area contributed by atoms with Crippen LogP contribution in [0.4, 0.5) is 5.69 Å². The van der Waals surface area contributed by atoms with Crippen LogP contribution in [0.25, 0.3) is 10.8 Å². The van der Waals surface area contributed by atoms with E-state index in [0.717, 1.165) is 38.9 Å². The van der Waals surface area contributed by atoms with Crippen molar-refractivity contribution in [3.05, 3.63) is 107 Å². The standard InChI is InChI=1S/C25H20ClNO/c1-18-7-2-5-12-24(18)27-16-23-22-11-4-3-9-20(22)13-14-25(23)28-17-19-8-6-10-21(26)15-19/h2-16H,17H2,1H3. The maximum atomic E-state index is 6.16. The van der Waals surface area contributed by atoms with Gasteiger partial charge in [0.05, 0.1) is 5.69 Å². The van der Waals surface area contributed by atoms with Crippen LogP contribution in [0.3, 0.4) is 0 Å². The molecule has 0 unspecified atom stereocenters. The second-order valence-corrected chi connectivity index (χ2v) is 7.10. The number of nitrogens with zero attached hydrogens (tertiary/aromatic N) is 1. The van der Waals surface area contributed by atoms with Gasteiger partial charge in [0.2, 0.25) is 0 Å². The third kappa shape index (κ3) is 4.08. The Morgan fingerprint density at radius 2 is 1.71 bits per heavy atom. The number of halogens is 1. The molecule has 0 atom stereocenters. The molecule has 0 aliphatic rings. The molecule has 4 rings (SSSR count). The van der Waals surface area contributed by atoms with Crippen LogP contribution in [0.2, 0.25) is 5.02 Å². The lowest BCUT2D eigenvalue weighted by atomic mass is 10.0. The van der Waals surface area contributed by atoms with Crippen LogP contribution in [-0.4, -0.2) is 6.21 Å². The molecular formula is C25H20ClNO. The highest BCUT2D eigenvalue weighted by molar-refractivity contribution is 6.30. The molecule has 138 valence electrons. The molecule has 0 aromatic heterocycles. The molecule has 2 nitrogen and oxygen atoms in total. The number of hydrogen-bond acceptors (Lipinski definition) is 2. The van der Waals surface area contributed by atoms with Gasteiger partial charge in [-0.25, -0.2) is 0 Å². The van der Waals surface area contributed by atoms with Crippen LogP contribution in [-0.2, 0) is 6.61 Å². The Hall–Kier alpha value is -3.10. The van der Waals surface area contributed by atoms with Gasteiger partial charge in [-0.1, -0.05) is 72.3 Å². The van der Waals surface area contributed by atoms with Gasteiger partial charge in [-0.2, -0.15) is 0 Å². The van der Waals surface area contributed by atoms with E-state index in [1.807, 2.05) is 66.9 Å². The van der Waals surface area contributed by atoms with Crippen LogP contribution >= 0.6 is 11.6 Å². The maximum Gasteiger partial charge on any atom is 0.129 e. The van der Waals surface area contributed by atoms with Crippen molar-refractivity contribution in [1.29, 1.82) is 0 Å². The van der Waals surface area contributed by atoms with Crippen LogP contribution in [0.1, 0.15) is 16.7 Å². The van der Waals surface area contributed by atoms with Crippen LogP contribution in [0.15, 0.2) is 89.9 Å². The number of aryl methyl sites for hydroxylation is 1. The van der Waals surface area contributed by atoms with E-state index in [1.165, 1.54) is 0 Å². The number of hydrogen-bond donors (Lipinski definition) is 0. The van der Waals surface area contributed by atoms with Crippen LogP contribution in [0, 0.1) is 6.92 Å². The van der Waals surface area contributed by atoms with Gasteiger partial charge < -0.3 is 4.74 Å². The smallest absolute Gasteiger partial charge is 0.129 e. The Bertz CT molecular complexity index is 1150. The van der Waals surface area contributed by atoms with Crippen LogP contribution in [0.5, 0.6) is 5.75 Å². The maximum absolute atomic E-state index is 6.16. The Balaban J connectivity index is 1.71. The normalized spacial score (nSPS) is 11.2. The zero-order valence-electron chi connectivity index (χ0n) is 15.6. The molecule has 0 bridgehead atoms. The number of ether oxygens (including phenoxy) is 1. The summed E-state index contributed by atoms with van der Waals surface area (Å²) in [5.41, 5.74) is 4.10. The highest BCUT2D eigenvalue weighted by atomic mass is 35.5. The van der Waals surface area contributed by atoms with Gasteiger partial charge in [0.1, 0.15) is 12.4 Å². The number of rotatable bonds is 5. The number of fused-ring (bicyclic) bond motifs is 1. The van der Waals surface area contributed by atoms with Gasteiger partial charge in [0.15, 0.2) is 0 Å². The van der Waals surface area contributed by atoms with Crippen molar-refractivity contribution < 1.29 is 4.74 Å². The highest BCUT2D eigenvalue weighted by Crippen LogP contribution is 2.29. The molecule has 3 heteroatoms. The van der Waals surface area contributed by atoms with Crippen molar-refractivity contribution in [2.75, 3.05) is 0 Å². The van der Waals surface area contributed by atoms with E-state index in [9.17, 15) is 0 Å². The quantitative estimate of drug-likeness (QED) is 0.335. The zero-order valence-corrected chi connectivity index (χ0v) is 16.4. The minimum Gasteiger partial charge on any atom is -0.488 e. The average molecular weight is 386 g/mol. The Morgan fingerprint density at radius 1 is 0.893 bits per heavy atom. The molecule has 0 spiro atoms. The van der Waals surface area contributed by atoms with E-state index in [4.69, 9.17) is 21.3 Å². The molecule has 4 aromatic carbocycles. The minimum absolute atomic E-state index is 0.449. The first kappa shape index (κ1) is 18.3.